The number of rotatable bonds is 7. The van der Waals surface area contributed by atoms with Crippen molar-refractivity contribution in [3.63, 3.8) is 0 Å². The normalized spacial score (nSPS) is 18.9. The largest absolute Gasteiger partial charge is 0.496 e. The standard InChI is InChI=1S/C29H33NO6/c1-6-34-28(32)26-24(25-21(31)14-29(3,4)15-23(25)36-27(26)30)18-9-12-22(33-5)19(13-18)16-35-20-10-7-17(2)8-11-20/h7-13,24H,6,14-16,30H2,1-5H3/t24-/m0/s1. The second-order valence-electron chi connectivity index (χ2n) is 9.98. The molecule has 7 heteroatoms. The lowest BCUT2D eigenvalue weighted by atomic mass is 9.70. The molecular formula is C29H33NO6. The fourth-order valence-electron chi connectivity index (χ4n) is 4.81. The van der Waals surface area contributed by atoms with Crippen molar-refractivity contribution in [2.75, 3.05) is 13.7 Å². The Kier molecular flexibility index (Phi) is 7.11. The quantitative estimate of drug-likeness (QED) is 0.540. The molecule has 7 nitrogen and oxygen atoms in total. The van der Waals surface area contributed by atoms with E-state index in [1.165, 1.54) is 0 Å². The number of carbonyl (C=O) groups is 2. The molecule has 0 radical (unpaired) electrons. The van der Waals surface area contributed by atoms with Gasteiger partial charge in [0.1, 0.15) is 29.4 Å². The van der Waals surface area contributed by atoms with E-state index in [0.29, 0.717) is 35.5 Å². The molecule has 0 bridgehead atoms. The van der Waals surface area contributed by atoms with E-state index in [4.69, 9.17) is 24.7 Å². The van der Waals surface area contributed by atoms with E-state index in [2.05, 4.69) is 0 Å². The van der Waals surface area contributed by atoms with E-state index in [1.54, 1.807) is 14.0 Å². The third kappa shape index (κ3) is 5.10. The van der Waals surface area contributed by atoms with Crippen molar-refractivity contribution < 1.29 is 28.5 Å². The van der Waals surface area contributed by atoms with Crippen LogP contribution in [0.1, 0.15) is 56.2 Å². The number of ketones is 1. The predicted molar refractivity (Wildman–Crippen MR) is 135 cm³/mol. The van der Waals surface area contributed by atoms with Crippen LogP contribution in [0.4, 0.5) is 0 Å². The lowest BCUT2D eigenvalue weighted by Crippen LogP contribution is -2.35. The molecule has 190 valence electrons. The van der Waals surface area contributed by atoms with Crippen molar-refractivity contribution in [2.24, 2.45) is 11.1 Å². The van der Waals surface area contributed by atoms with Crippen LogP contribution in [0, 0.1) is 12.3 Å². The summed E-state index contributed by atoms with van der Waals surface area (Å²) in [4.78, 5) is 26.4. The van der Waals surface area contributed by atoms with E-state index >= 15 is 0 Å². The zero-order chi connectivity index (χ0) is 26.0. The summed E-state index contributed by atoms with van der Waals surface area (Å²) in [5.74, 6) is 0.478. The molecule has 2 aliphatic rings. The maximum Gasteiger partial charge on any atom is 0.340 e. The first-order valence-corrected chi connectivity index (χ1v) is 12.1. The van der Waals surface area contributed by atoms with Gasteiger partial charge in [-0.3, -0.25) is 4.79 Å². The average molecular weight is 492 g/mol. The van der Waals surface area contributed by atoms with Gasteiger partial charge in [-0.25, -0.2) is 4.79 Å². The molecule has 2 aromatic carbocycles. The van der Waals surface area contributed by atoms with E-state index < -0.39 is 11.9 Å². The summed E-state index contributed by atoms with van der Waals surface area (Å²) in [6.45, 7) is 8.18. The molecule has 0 saturated heterocycles. The van der Waals surface area contributed by atoms with Gasteiger partial charge < -0.3 is 24.7 Å². The van der Waals surface area contributed by atoms with Gasteiger partial charge in [-0.1, -0.05) is 37.6 Å². The summed E-state index contributed by atoms with van der Waals surface area (Å²) < 4.78 is 22.8. The second-order valence-corrected chi connectivity index (χ2v) is 9.98. The van der Waals surface area contributed by atoms with Gasteiger partial charge in [-0.05, 0) is 49.1 Å². The van der Waals surface area contributed by atoms with Crippen LogP contribution in [-0.4, -0.2) is 25.5 Å². The number of hydrogen-bond acceptors (Lipinski definition) is 7. The highest BCUT2D eigenvalue weighted by Gasteiger charge is 2.45. The Morgan fingerprint density at radius 2 is 1.86 bits per heavy atom. The number of aryl methyl sites for hydroxylation is 1. The van der Waals surface area contributed by atoms with Crippen LogP contribution in [0.25, 0.3) is 0 Å². The fourth-order valence-corrected chi connectivity index (χ4v) is 4.81. The minimum absolute atomic E-state index is 0.0315. The molecule has 0 fully saturated rings. The minimum Gasteiger partial charge on any atom is -0.496 e. The summed E-state index contributed by atoms with van der Waals surface area (Å²) in [5, 5.41) is 0. The average Bonchev–Trinajstić information content (AvgIpc) is 2.82. The van der Waals surface area contributed by atoms with E-state index in [1.807, 2.05) is 63.2 Å². The summed E-state index contributed by atoms with van der Waals surface area (Å²) in [6.07, 6.45) is 0.891. The molecular weight excluding hydrogens is 458 g/mol. The van der Waals surface area contributed by atoms with Crippen LogP contribution in [0.15, 0.2) is 65.3 Å². The number of benzene rings is 2. The van der Waals surface area contributed by atoms with E-state index in [-0.39, 0.29) is 35.9 Å². The number of nitrogens with two attached hydrogens (primary N) is 1. The number of methoxy groups -OCH3 is 1. The molecule has 4 rings (SSSR count). The second kappa shape index (κ2) is 10.1. The molecule has 0 spiro atoms. The monoisotopic (exact) mass is 491 g/mol. The number of hydrogen-bond donors (Lipinski definition) is 1. The Balaban J connectivity index is 1.78. The third-order valence-electron chi connectivity index (χ3n) is 6.50. The molecule has 0 amide bonds. The zero-order valence-corrected chi connectivity index (χ0v) is 21.5. The van der Waals surface area contributed by atoms with Crippen molar-refractivity contribution in [1.82, 2.24) is 0 Å². The highest BCUT2D eigenvalue weighted by Crippen LogP contribution is 2.48. The lowest BCUT2D eigenvalue weighted by Gasteiger charge is -2.38. The van der Waals surface area contributed by atoms with Crippen molar-refractivity contribution in [1.29, 1.82) is 0 Å². The van der Waals surface area contributed by atoms with Gasteiger partial charge >= 0.3 is 5.97 Å². The Bertz CT molecular complexity index is 1240. The third-order valence-corrected chi connectivity index (χ3v) is 6.50. The SMILES string of the molecule is CCOC(=O)C1=C(N)OC2=C(C(=O)CC(C)(C)C2)[C@@H]1c1ccc(OC)c(COc2ccc(C)cc2)c1. The smallest absolute Gasteiger partial charge is 0.340 e. The van der Waals surface area contributed by atoms with Gasteiger partial charge in [-0.2, -0.15) is 0 Å². The van der Waals surface area contributed by atoms with E-state index in [0.717, 1.165) is 16.9 Å². The highest BCUT2D eigenvalue weighted by atomic mass is 16.5. The topological polar surface area (TPSA) is 97.1 Å². The molecule has 1 atom stereocenters. The van der Waals surface area contributed by atoms with Crippen molar-refractivity contribution in [3.8, 4) is 11.5 Å². The number of esters is 1. The van der Waals surface area contributed by atoms with Gasteiger partial charge in [0.2, 0.25) is 5.88 Å². The Morgan fingerprint density at radius 3 is 2.53 bits per heavy atom. The van der Waals surface area contributed by atoms with Crippen molar-refractivity contribution in [2.45, 2.75) is 53.1 Å². The Morgan fingerprint density at radius 1 is 1.14 bits per heavy atom. The summed E-state index contributed by atoms with van der Waals surface area (Å²) in [6, 6.07) is 13.3. The van der Waals surface area contributed by atoms with Crippen LogP contribution in [0.3, 0.4) is 0 Å². The number of allylic oxidation sites excluding steroid dienone is 2. The molecule has 0 saturated carbocycles. The lowest BCUT2D eigenvalue weighted by molar-refractivity contribution is -0.139. The Labute approximate surface area is 211 Å². The van der Waals surface area contributed by atoms with Gasteiger partial charge in [0.05, 0.1) is 19.6 Å². The molecule has 2 aromatic rings. The maximum atomic E-state index is 13.4. The molecule has 0 aromatic heterocycles. The molecule has 36 heavy (non-hydrogen) atoms. The summed E-state index contributed by atoms with van der Waals surface area (Å²) in [5.41, 5.74) is 9.24. The minimum atomic E-state index is -0.708. The molecule has 0 unspecified atom stereocenters. The first kappa shape index (κ1) is 25.4. The summed E-state index contributed by atoms with van der Waals surface area (Å²) >= 11 is 0. The van der Waals surface area contributed by atoms with Crippen LogP contribution >= 0.6 is 0 Å². The van der Waals surface area contributed by atoms with Crippen molar-refractivity contribution >= 4 is 11.8 Å². The zero-order valence-electron chi connectivity index (χ0n) is 21.5. The maximum absolute atomic E-state index is 13.4. The van der Waals surface area contributed by atoms with Crippen LogP contribution < -0.4 is 15.2 Å². The van der Waals surface area contributed by atoms with Gasteiger partial charge in [0, 0.05) is 24.0 Å². The van der Waals surface area contributed by atoms with E-state index in [9.17, 15) is 9.59 Å². The molecule has 2 N–H and O–H groups in total. The first-order chi connectivity index (χ1) is 17.1. The van der Waals surface area contributed by atoms with Gasteiger partial charge in [-0.15, -0.1) is 0 Å². The molecule has 1 aliphatic carbocycles. The van der Waals surface area contributed by atoms with Crippen LogP contribution in [0.5, 0.6) is 11.5 Å². The van der Waals surface area contributed by atoms with Crippen LogP contribution in [0.2, 0.25) is 0 Å². The molecule has 1 heterocycles. The van der Waals surface area contributed by atoms with Crippen molar-refractivity contribution in [3.05, 3.63) is 81.9 Å². The number of carbonyl (C=O) groups excluding carboxylic acids is 2. The van der Waals surface area contributed by atoms with Gasteiger partial charge in [0.15, 0.2) is 5.78 Å². The van der Waals surface area contributed by atoms with Gasteiger partial charge in [0.25, 0.3) is 0 Å². The predicted octanol–water partition coefficient (Wildman–Crippen LogP) is 5.07. The molecule has 1 aliphatic heterocycles. The highest BCUT2D eigenvalue weighted by molar-refractivity contribution is 6.03. The number of Topliss-reactive ketones (excluding diaryl/α,β-unsaturated/α-hetero) is 1. The van der Waals surface area contributed by atoms with Crippen LogP contribution in [-0.2, 0) is 25.7 Å². The summed E-state index contributed by atoms with van der Waals surface area (Å²) in [7, 11) is 1.59. The number of ether oxygens (including phenoxy) is 4. The Hall–Kier alpha value is -3.74. The fraction of sp³-hybridized carbons (Fsp3) is 0.379. The first-order valence-electron chi connectivity index (χ1n) is 12.1.